The van der Waals surface area contributed by atoms with Crippen molar-refractivity contribution in [3.8, 4) is 0 Å². The van der Waals surface area contributed by atoms with Crippen LogP contribution in [0.5, 0.6) is 0 Å². The molecule has 2 heteroatoms. The summed E-state index contributed by atoms with van der Waals surface area (Å²) in [5.74, 6) is 0.688. The highest BCUT2D eigenvalue weighted by molar-refractivity contribution is 6.12. The molecule has 1 heterocycles. The number of rotatable bonds is 2. The van der Waals surface area contributed by atoms with Crippen LogP contribution < -0.4 is 0 Å². The topological polar surface area (TPSA) is 3.24 Å². The summed E-state index contributed by atoms with van der Waals surface area (Å²) >= 11 is 0. The van der Waals surface area contributed by atoms with Crippen molar-refractivity contribution in [3.05, 3.63) is 23.4 Å². The third-order valence-electron chi connectivity index (χ3n) is 4.68. The van der Waals surface area contributed by atoms with Crippen molar-refractivity contribution in [1.29, 1.82) is 0 Å². The van der Waals surface area contributed by atoms with Gasteiger partial charge >= 0.3 is 0 Å². The van der Waals surface area contributed by atoms with Gasteiger partial charge in [-0.15, -0.1) is 0 Å². The summed E-state index contributed by atoms with van der Waals surface area (Å²) in [6, 6.07) is 0.594. The molecule has 0 aromatic carbocycles. The van der Waals surface area contributed by atoms with E-state index in [9.17, 15) is 0 Å². The second-order valence-electron chi connectivity index (χ2n) is 6.93. The van der Waals surface area contributed by atoms with Crippen molar-refractivity contribution in [2.75, 3.05) is 6.54 Å². The van der Waals surface area contributed by atoms with Crippen LogP contribution in [0, 0.1) is 5.41 Å². The number of hydrogen-bond donors (Lipinski definition) is 0. The van der Waals surface area contributed by atoms with Crippen molar-refractivity contribution in [3.63, 3.8) is 0 Å². The number of allylic oxidation sites excluding steroid dienone is 2. The van der Waals surface area contributed by atoms with Gasteiger partial charge in [-0.25, -0.2) is 0 Å². The van der Waals surface area contributed by atoms with Crippen LogP contribution in [-0.2, 0) is 0 Å². The van der Waals surface area contributed by atoms with E-state index in [4.69, 9.17) is 0 Å². The lowest BCUT2D eigenvalue weighted by molar-refractivity contribution is 0.181. The van der Waals surface area contributed by atoms with E-state index >= 15 is 0 Å². The van der Waals surface area contributed by atoms with Crippen LogP contribution in [0.2, 0.25) is 5.82 Å². The molecule has 18 heavy (non-hydrogen) atoms. The van der Waals surface area contributed by atoms with Gasteiger partial charge in [0.2, 0.25) is 0 Å². The first-order chi connectivity index (χ1) is 8.20. The summed E-state index contributed by atoms with van der Waals surface area (Å²) in [5.41, 5.74) is 4.50. The lowest BCUT2D eigenvalue weighted by Crippen LogP contribution is -2.39. The fourth-order valence-corrected chi connectivity index (χ4v) is 2.86. The Kier molecular flexibility index (Phi) is 4.75. The standard InChI is InChI=1S/C16H30BN/c1-8-13(5)18-10-16(6,7)14(17)9-12(4)15(18)11(2)3/h13-14H,4,8-10,17H2,1-3,5-7H3. The Balaban J connectivity index is 3.23. The molecule has 1 aliphatic heterocycles. The molecule has 1 saturated heterocycles. The minimum Gasteiger partial charge on any atom is -0.368 e. The van der Waals surface area contributed by atoms with Crippen LogP contribution in [0.25, 0.3) is 0 Å². The average Bonchev–Trinajstić information content (AvgIpc) is 2.33. The van der Waals surface area contributed by atoms with Crippen molar-refractivity contribution in [1.82, 2.24) is 4.90 Å². The molecule has 1 fully saturated rings. The lowest BCUT2D eigenvalue weighted by atomic mass is 9.65. The summed E-state index contributed by atoms with van der Waals surface area (Å²) in [4.78, 5) is 2.60. The highest BCUT2D eigenvalue weighted by Crippen LogP contribution is 2.43. The molecule has 102 valence electrons. The maximum Gasteiger partial charge on any atom is 0.106 e. The number of hydrogen-bond acceptors (Lipinski definition) is 1. The van der Waals surface area contributed by atoms with Crippen molar-refractivity contribution in [2.24, 2.45) is 5.41 Å². The summed E-state index contributed by atoms with van der Waals surface area (Å²) in [6.07, 6.45) is 2.31. The van der Waals surface area contributed by atoms with Gasteiger partial charge in [0.1, 0.15) is 7.85 Å². The van der Waals surface area contributed by atoms with E-state index in [1.807, 2.05) is 0 Å². The Morgan fingerprint density at radius 2 is 2.06 bits per heavy atom. The van der Waals surface area contributed by atoms with E-state index in [2.05, 4.69) is 60.9 Å². The first kappa shape index (κ1) is 15.4. The second kappa shape index (κ2) is 5.55. The SMILES string of the molecule is BC1CC(=C)C(=C(C)C)N(C(C)CC)CC1(C)C. The van der Waals surface area contributed by atoms with Crippen molar-refractivity contribution < 1.29 is 0 Å². The Hall–Kier alpha value is -0.655. The van der Waals surface area contributed by atoms with Gasteiger partial charge in [0, 0.05) is 18.3 Å². The molecule has 0 amide bonds. The van der Waals surface area contributed by atoms with Gasteiger partial charge in [-0.1, -0.05) is 38.7 Å². The van der Waals surface area contributed by atoms with Crippen molar-refractivity contribution in [2.45, 2.75) is 66.2 Å². The van der Waals surface area contributed by atoms with E-state index in [0.717, 1.165) is 13.0 Å². The molecule has 0 aromatic rings. The Morgan fingerprint density at radius 1 is 1.50 bits per heavy atom. The van der Waals surface area contributed by atoms with Gasteiger partial charge < -0.3 is 4.90 Å². The maximum atomic E-state index is 4.36. The molecule has 2 atom stereocenters. The van der Waals surface area contributed by atoms with E-state index in [-0.39, 0.29) is 0 Å². The number of nitrogens with zero attached hydrogens (tertiary/aromatic N) is 1. The Bertz CT molecular complexity index is 350. The van der Waals surface area contributed by atoms with Gasteiger partial charge in [0.15, 0.2) is 0 Å². The fourth-order valence-electron chi connectivity index (χ4n) is 2.86. The molecule has 0 spiro atoms. The van der Waals surface area contributed by atoms with Crippen LogP contribution in [0.3, 0.4) is 0 Å². The van der Waals surface area contributed by atoms with E-state index in [0.29, 0.717) is 17.3 Å². The molecule has 0 bridgehead atoms. The molecule has 0 radical (unpaired) electrons. The van der Waals surface area contributed by atoms with Crippen LogP contribution in [-0.4, -0.2) is 25.3 Å². The van der Waals surface area contributed by atoms with Crippen LogP contribution in [0.15, 0.2) is 23.4 Å². The average molecular weight is 247 g/mol. The largest absolute Gasteiger partial charge is 0.368 e. The van der Waals surface area contributed by atoms with Crippen LogP contribution in [0.4, 0.5) is 0 Å². The zero-order chi connectivity index (χ0) is 14.1. The van der Waals surface area contributed by atoms with Gasteiger partial charge in [0.25, 0.3) is 0 Å². The molecular weight excluding hydrogens is 217 g/mol. The highest BCUT2D eigenvalue weighted by atomic mass is 15.2. The van der Waals surface area contributed by atoms with Gasteiger partial charge in [-0.3, -0.25) is 0 Å². The summed E-state index contributed by atoms with van der Waals surface area (Å²) in [6.45, 7) is 19.3. The minimum atomic E-state index is 0.351. The van der Waals surface area contributed by atoms with Gasteiger partial charge in [-0.05, 0) is 44.6 Å². The lowest BCUT2D eigenvalue weighted by Gasteiger charge is -2.39. The molecule has 0 aliphatic carbocycles. The molecule has 1 rings (SSSR count). The fraction of sp³-hybridized carbons (Fsp3) is 0.750. The summed E-state index contributed by atoms with van der Waals surface area (Å²) in [7, 11) is 2.37. The molecule has 0 aromatic heterocycles. The molecule has 1 nitrogen and oxygen atoms in total. The van der Waals surface area contributed by atoms with E-state index < -0.39 is 0 Å². The highest BCUT2D eigenvalue weighted by Gasteiger charge is 2.35. The predicted molar refractivity (Wildman–Crippen MR) is 84.7 cm³/mol. The normalized spacial score (nSPS) is 25.9. The predicted octanol–water partition coefficient (Wildman–Crippen LogP) is 3.79. The quantitative estimate of drug-likeness (QED) is 0.671. The van der Waals surface area contributed by atoms with Crippen molar-refractivity contribution >= 4 is 7.85 Å². The van der Waals surface area contributed by atoms with E-state index in [1.165, 1.54) is 23.3 Å². The first-order valence-corrected chi connectivity index (χ1v) is 7.33. The molecular formula is C16H30BN. The first-order valence-electron chi connectivity index (χ1n) is 7.33. The second-order valence-corrected chi connectivity index (χ2v) is 6.93. The monoisotopic (exact) mass is 247 g/mol. The maximum absolute atomic E-state index is 4.36. The zero-order valence-electron chi connectivity index (χ0n) is 13.4. The number of likely N-dealkylation sites (tertiary alicyclic amines) is 1. The summed E-state index contributed by atoms with van der Waals surface area (Å²) < 4.78 is 0. The van der Waals surface area contributed by atoms with E-state index in [1.54, 1.807) is 0 Å². The molecule has 2 unspecified atom stereocenters. The molecule has 0 saturated carbocycles. The third-order valence-corrected chi connectivity index (χ3v) is 4.68. The van der Waals surface area contributed by atoms with Crippen LogP contribution >= 0.6 is 0 Å². The zero-order valence-corrected chi connectivity index (χ0v) is 13.4. The Morgan fingerprint density at radius 3 is 2.50 bits per heavy atom. The Labute approximate surface area is 115 Å². The smallest absolute Gasteiger partial charge is 0.106 e. The summed E-state index contributed by atoms with van der Waals surface area (Å²) in [5, 5.41) is 0. The van der Waals surface area contributed by atoms with Gasteiger partial charge in [0.05, 0.1) is 0 Å². The van der Waals surface area contributed by atoms with Gasteiger partial charge in [-0.2, -0.15) is 0 Å². The van der Waals surface area contributed by atoms with Crippen LogP contribution in [0.1, 0.15) is 54.4 Å². The molecule has 1 aliphatic rings. The third kappa shape index (κ3) is 3.02. The minimum absolute atomic E-state index is 0.351. The molecule has 0 N–H and O–H groups in total.